The summed E-state index contributed by atoms with van der Waals surface area (Å²) >= 11 is 6.52. The van der Waals surface area contributed by atoms with E-state index >= 15 is 4.39 Å². The fraction of sp³-hybridized carbons (Fsp3) is 0.281. The number of nitrogens with zero attached hydrogens (tertiary/aromatic N) is 4. The third kappa shape index (κ3) is 4.67. The van der Waals surface area contributed by atoms with Gasteiger partial charge in [0.1, 0.15) is 17.2 Å². The first-order valence-corrected chi connectivity index (χ1v) is 14.0. The molecule has 10 heteroatoms. The van der Waals surface area contributed by atoms with Gasteiger partial charge in [-0.2, -0.15) is 0 Å². The lowest BCUT2D eigenvalue weighted by molar-refractivity contribution is -0.117. The van der Waals surface area contributed by atoms with E-state index in [-0.39, 0.29) is 22.8 Å². The second kappa shape index (κ2) is 10.2. The van der Waals surface area contributed by atoms with Crippen LogP contribution >= 0.6 is 11.6 Å². The van der Waals surface area contributed by atoms with E-state index < -0.39 is 29.3 Å². The first-order chi connectivity index (χ1) is 19.9. The quantitative estimate of drug-likeness (QED) is 0.239. The standard InChI is InChI=1S/C32H28ClFN4O4/c1-17-22(15-35-24-10-7-11-37(29(17)24)31(41)42-32(2,3)4)21-12-19-13-25(36-16-23(19)27(33)28(21)34)38-26(39)14-18-8-5-6-9-20(18)30(38)40/h5-6,8-9,12-13,15-16H,7,10-11,14H2,1-4H3. The maximum Gasteiger partial charge on any atom is 0.414 e. The molecule has 2 aromatic heterocycles. The number of benzene rings is 2. The van der Waals surface area contributed by atoms with Gasteiger partial charge in [-0.15, -0.1) is 0 Å². The Bertz CT molecular complexity index is 1820. The maximum atomic E-state index is 15.8. The third-order valence-corrected chi connectivity index (χ3v) is 7.88. The molecule has 2 aromatic carbocycles. The first kappa shape index (κ1) is 27.8. The van der Waals surface area contributed by atoms with E-state index in [9.17, 15) is 14.4 Å². The van der Waals surface area contributed by atoms with Gasteiger partial charge in [0.25, 0.3) is 5.91 Å². The highest BCUT2D eigenvalue weighted by Crippen LogP contribution is 2.41. The van der Waals surface area contributed by atoms with Gasteiger partial charge in [-0.1, -0.05) is 29.8 Å². The lowest BCUT2D eigenvalue weighted by atomic mass is 9.94. The number of pyridine rings is 2. The molecule has 214 valence electrons. The summed E-state index contributed by atoms with van der Waals surface area (Å²) < 4.78 is 21.5. The molecular weight excluding hydrogens is 559 g/mol. The molecule has 0 atom stereocenters. The van der Waals surface area contributed by atoms with Crippen molar-refractivity contribution in [3.8, 4) is 11.1 Å². The number of hydrogen-bond acceptors (Lipinski definition) is 6. The highest BCUT2D eigenvalue weighted by Gasteiger charge is 2.34. The number of amides is 3. The number of ether oxygens (including phenoxy) is 1. The number of hydrogen-bond donors (Lipinski definition) is 0. The molecule has 2 aliphatic heterocycles. The molecule has 0 bridgehead atoms. The van der Waals surface area contributed by atoms with E-state index in [0.29, 0.717) is 51.7 Å². The minimum atomic E-state index is -0.684. The molecule has 0 aliphatic carbocycles. The highest BCUT2D eigenvalue weighted by atomic mass is 35.5. The molecule has 0 saturated carbocycles. The van der Waals surface area contributed by atoms with Crippen LogP contribution in [0.1, 0.15) is 54.4 Å². The van der Waals surface area contributed by atoms with E-state index in [0.717, 1.165) is 17.0 Å². The molecule has 0 unspecified atom stereocenters. The molecule has 0 N–H and O–H groups in total. The smallest absolute Gasteiger partial charge is 0.414 e. The lowest BCUT2D eigenvalue weighted by Crippen LogP contribution is -2.42. The van der Waals surface area contributed by atoms with Crippen molar-refractivity contribution in [2.24, 2.45) is 0 Å². The van der Waals surface area contributed by atoms with Crippen molar-refractivity contribution in [2.75, 3.05) is 16.3 Å². The number of rotatable bonds is 2. The van der Waals surface area contributed by atoms with Crippen LogP contribution < -0.4 is 9.80 Å². The number of carbonyl (C=O) groups is 3. The summed E-state index contributed by atoms with van der Waals surface area (Å²) in [5, 5.41) is 0.671. The van der Waals surface area contributed by atoms with E-state index in [1.54, 1.807) is 68.3 Å². The Morgan fingerprint density at radius 1 is 1.05 bits per heavy atom. The van der Waals surface area contributed by atoms with Crippen LogP contribution in [0.2, 0.25) is 5.02 Å². The summed E-state index contributed by atoms with van der Waals surface area (Å²) in [6.45, 7) is 7.67. The topological polar surface area (TPSA) is 92.7 Å². The molecule has 0 fully saturated rings. The SMILES string of the molecule is Cc1c(-c2cc3cc(N4C(=O)Cc5ccccc5C4=O)ncc3c(Cl)c2F)cnc2c1N(C(=O)OC(C)(C)C)CCC2. The molecule has 2 aliphatic rings. The van der Waals surface area contributed by atoms with Crippen molar-refractivity contribution in [1.29, 1.82) is 0 Å². The number of anilines is 2. The molecular formula is C32H28ClFN4O4. The fourth-order valence-electron chi connectivity index (χ4n) is 5.60. The summed E-state index contributed by atoms with van der Waals surface area (Å²) in [7, 11) is 0. The number of aryl methyl sites for hydroxylation is 1. The van der Waals surface area contributed by atoms with Crippen LogP contribution in [0.4, 0.5) is 20.7 Å². The van der Waals surface area contributed by atoms with E-state index in [4.69, 9.17) is 16.3 Å². The predicted molar refractivity (Wildman–Crippen MR) is 159 cm³/mol. The summed E-state index contributed by atoms with van der Waals surface area (Å²) in [6, 6.07) is 10.1. The minimum absolute atomic E-state index is 0.0607. The lowest BCUT2D eigenvalue weighted by Gasteiger charge is -2.33. The van der Waals surface area contributed by atoms with Gasteiger partial charge in [-0.05, 0) is 75.2 Å². The molecule has 8 nitrogen and oxygen atoms in total. The van der Waals surface area contributed by atoms with Crippen LogP contribution in [0.5, 0.6) is 0 Å². The molecule has 0 radical (unpaired) electrons. The van der Waals surface area contributed by atoms with E-state index in [2.05, 4.69) is 9.97 Å². The van der Waals surface area contributed by atoms with Gasteiger partial charge >= 0.3 is 6.09 Å². The Labute approximate surface area is 247 Å². The van der Waals surface area contributed by atoms with Crippen LogP contribution in [0.15, 0.2) is 48.8 Å². The summed E-state index contributed by atoms with van der Waals surface area (Å²) in [6.07, 6.45) is 3.92. The molecule has 6 rings (SSSR count). The zero-order chi connectivity index (χ0) is 29.9. The normalized spacial score (nSPS) is 15.1. The molecule has 0 saturated heterocycles. The van der Waals surface area contributed by atoms with Gasteiger partial charge in [0.15, 0.2) is 0 Å². The highest BCUT2D eigenvalue weighted by molar-refractivity contribution is 6.36. The van der Waals surface area contributed by atoms with Crippen LogP contribution in [-0.4, -0.2) is 40.0 Å². The average Bonchev–Trinajstić information content (AvgIpc) is 2.94. The number of carbonyl (C=O) groups excluding carboxylic acids is 3. The van der Waals surface area contributed by atoms with Gasteiger partial charge in [0.2, 0.25) is 5.91 Å². The monoisotopic (exact) mass is 586 g/mol. The first-order valence-electron chi connectivity index (χ1n) is 13.7. The maximum absolute atomic E-state index is 15.8. The van der Waals surface area contributed by atoms with Crippen molar-refractivity contribution in [3.05, 3.63) is 82.0 Å². The largest absolute Gasteiger partial charge is 0.443 e. The van der Waals surface area contributed by atoms with Crippen LogP contribution in [0.3, 0.4) is 0 Å². The predicted octanol–water partition coefficient (Wildman–Crippen LogP) is 6.81. The summed E-state index contributed by atoms with van der Waals surface area (Å²) in [4.78, 5) is 50.9. The van der Waals surface area contributed by atoms with Crippen molar-refractivity contribution >= 4 is 51.8 Å². The molecule has 0 spiro atoms. The fourth-order valence-corrected chi connectivity index (χ4v) is 5.86. The third-order valence-electron chi connectivity index (χ3n) is 7.51. The van der Waals surface area contributed by atoms with E-state index in [1.165, 1.54) is 6.20 Å². The van der Waals surface area contributed by atoms with Crippen LogP contribution in [0, 0.1) is 12.7 Å². The van der Waals surface area contributed by atoms with Crippen molar-refractivity contribution in [3.63, 3.8) is 0 Å². The summed E-state index contributed by atoms with van der Waals surface area (Å²) in [5.74, 6) is -1.42. The second-order valence-electron chi connectivity index (χ2n) is 11.5. The van der Waals surface area contributed by atoms with Crippen LogP contribution in [0.25, 0.3) is 21.9 Å². The Balaban J connectivity index is 1.45. The Kier molecular flexibility index (Phi) is 6.73. The van der Waals surface area contributed by atoms with Gasteiger partial charge in [0, 0.05) is 41.0 Å². The van der Waals surface area contributed by atoms with Crippen LogP contribution in [-0.2, 0) is 22.4 Å². The van der Waals surface area contributed by atoms with Crippen molar-refractivity contribution < 1.29 is 23.5 Å². The van der Waals surface area contributed by atoms with E-state index in [1.807, 2.05) is 6.92 Å². The number of fused-ring (bicyclic) bond motifs is 3. The average molecular weight is 587 g/mol. The number of aromatic nitrogens is 2. The summed E-state index contributed by atoms with van der Waals surface area (Å²) in [5.41, 5.74) is 3.03. The number of imide groups is 1. The number of halogens is 2. The molecule has 4 aromatic rings. The molecule has 4 heterocycles. The Hall–Kier alpha value is -4.37. The zero-order valence-corrected chi connectivity index (χ0v) is 24.4. The Morgan fingerprint density at radius 3 is 2.57 bits per heavy atom. The Morgan fingerprint density at radius 2 is 1.81 bits per heavy atom. The molecule has 3 amide bonds. The second-order valence-corrected chi connectivity index (χ2v) is 11.9. The van der Waals surface area contributed by atoms with Crippen molar-refractivity contribution in [2.45, 2.75) is 52.6 Å². The van der Waals surface area contributed by atoms with Gasteiger partial charge in [-0.3, -0.25) is 19.5 Å². The van der Waals surface area contributed by atoms with Gasteiger partial charge in [-0.25, -0.2) is 19.1 Å². The zero-order valence-electron chi connectivity index (χ0n) is 23.6. The van der Waals surface area contributed by atoms with Gasteiger partial charge < -0.3 is 4.74 Å². The molecule has 42 heavy (non-hydrogen) atoms. The minimum Gasteiger partial charge on any atom is -0.443 e. The van der Waals surface area contributed by atoms with Crippen molar-refractivity contribution in [1.82, 2.24) is 9.97 Å². The van der Waals surface area contributed by atoms with Gasteiger partial charge in [0.05, 0.1) is 22.8 Å².